The van der Waals surface area contributed by atoms with Crippen molar-refractivity contribution >= 4 is 11.6 Å². The lowest BCUT2D eigenvalue weighted by molar-refractivity contribution is -0.0136. The number of nitrogens with zero attached hydrogens (tertiary/aromatic N) is 4. The van der Waals surface area contributed by atoms with Gasteiger partial charge in [-0.25, -0.2) is 23.7 Å². The number of fused-ring (bicyclic) bond motifs is 1. The van der Waals surface area contributed by atoms with Gasteiger partial charge in [-0.1, -0.05) is 0 Å². The lowest BCUT2D eigenvalue weighted by Gasteiger charge is -2.28. The topological polar surface area (TPSA) is 84.6 Å². The molecule has 0 radical (unpaired) electrons. The first-order valence-corrected chi connectivity index (χ1v) is 8.21. The van der Waals surface area contributed by atoms with E-state index in [1.807, 2.05) is 0 Å². The molecule has 136 valence electrons. The molecule has 3 aromatic heterocycles. The van der Waals surface area contributed by atoms with Crippen molar-refractivity contribution < 1.29 is 18.6 Å². The minimum absolute atomic E-state index is 0.0313. The van der Waals surface area contributed by atoms with Crippen molar-refractivity contribution in [3.8, 4) is 11.3 Å². The Labute approximate surface area is 147 Å². The number of aliphatic hydroxyl groups is 1. The van der Waals surface area contributed by atoms with E-state index in [1.54, 1.807) is 19.3 Å². The number of pyridine rings is 1. The van der Waals surface area contributed by atoms with Crippen LogP contribution in [0.2, 0.25) is 0 Å². The van der Waals surface area contributed by atoms with Crippen LogP contribution in [0, 0.1) is 18.6 Å². The Morgan fingerprint density at radius 1 is 1.27 bits per heavy atom. The molecule has 0 aliphatic carbocycles. The minimum atomic E-state index is -0.705. The van der Waals surface area contributed by atoms with Gasteiger partial charge in [-0.05, 0) is 19.4 Å². The third-order valence-electron chi connectivity index (χ3n) is 4.29. The van der Waals surface area contributed by atoms with Crippen LogP contribution in [0.5, 0.6) is 0 Å². The summed E-state index contributed by atoms with van der Waals surface area (Å²) in [6.45, 7) is 2.47. The van der Waals surface area contributed by atoms with Crippen molar-refractivity contribution in [1.82, 2.24) is 19.4 Å². The van der Waals surface area contributed by atoms with E-state index in [4.69, 9.17) is 4.74 Å². The number of hydrogen-bond acceptors (Lipinski definition) is 6. The van der Waals surface area contributed by atoms with Gasteiger partial charge in [0.15, 0.2) is 17.3 Å². The van der Waals surface area contributed by atoms with Gasteiger partial charge >= 0.3 is 0 Å². The third-order valence-corrected chi connectivity index (χ3v) is 4.29. The van der Waals surface area contributed by atoms with Crippen molar-refractivity contribution in [1.29, 1.82) is 0 Å². The number of anilines is 1. The zero-order valence-electron chi connectivity index (χ0n) is 14.0. The van der Waals surface area contributed by atoms with Crippen molar-refractivity contribution in [3.63, 3.8) is 0 Å². The number of ether oxygens (including phenoxy) is 1. The number of halogens is 2. The number of aryl methyl sites for hydroxylation is 1. The smallest absolute Gasteiger partial charge is 0.223 e. The maximum atomic E-state index is 14.3. The molecule has 4 rings (SSSR count). The van der Waals surface area contributed by atoms with Gasteiger partial charge in [0.05, 0.1) is 30.6 Å². The first-order valence-electron chi connectivity index (χ1n) is 8.21. The lowest BCUT2D eigenvalue weighted by atomic mass is 10.1. The predicted molar refractivity (Wildman–Crippen MR) is 89.7 cm³/mol. The Morgan fingerprint density at radius 3 is 2.92 bits per heavy atom. The molecule has 0 bridgehead atoms. The molecule has 4 heterocycles. The Balaban J connectivity index is 1.70. The molecule has 2 atom stereocenters. The fraction of sp³-hybridized carbons (Fsp3) is 0.353. The predicted octanol–water partition coefficient (Wildman–Crippen LogP) is 1.94. The standard InChI is InChI=1S/C17H17F2N5O2/c1-9-6-24-7-10(4-11(18)16(24)21-9)15-12(19)5-20-17(23-15)22-13-2-3-26-8-14(13)25/h4-7,13-14,25H,2-3,8H2,1H3,(H,20,22,23)/t13-,14-/m1/s1. The van der Waals surface area contributed by atoms with Crippen molar-refractivity contribution in [3.05, 3.63) is 42.0 Å². The summed E-state index contributed by atoms with van der Waals surface area (Å²) in [5.41, 5.74) is 1.06. The molecule has 7 nitrogen and oxygen atoms in total. The molecule has 0 amide bonds. The monoisotopic (exact) mass is 361 g/mol. The van der Waals surface area contributed by atoms with Gasteiger partial charge in [-0.15, -0.1) is 0 Å². The fourth-order valence-corrected chi connectivity index (χ4v) is 3.01. The normalized spacial score (nSPS) is 20.5. The van der Waals surface area contributed by atoms with E-state index in [0.717, 1.165) is 6.20 Å². The number of hydrogen-bond donors (Lipinski definition) is 2. The molecule has 1 aliphatic heterocycles. The molecule has 0 unspecified atom stereocenters. The molecule has 3 aromatic rings. The van der Waals surface area contributed by atoms with Gasteiger partial charge in [0, 0.05) is 24.6 Å². The van der Waals surface area contributed by atoms with Crippen LogP contribution in [0.1, 0.15) is 12.1 Å². The summed E-state index contributed by atoms with van der Waals surface area (Å²) in [4.78, 5) is 12.2. The SMILES string of the molecule is Cc1cn2cc(-c3nc(N[C@@H]4CCOC[C@H]4O)ncc3F)cc(F)c2n1. The Bertz CT molecular complexity index is 962. The highest BCUT2D eigenvalue weighted by Crippen LogP contribution is 2.24. The largest absolute Gasteiger partial charge is 0.389 e. The van der Waals surface area contributed by atoms with Crippen LogP contribution in [0.15, 0.2) is 24.7 Å². The number of nitrogens with one attached hydrogen (secondary N) is 1. The van der Waals surface area contributed by atoms with Gasteiger partial charge in [0.2, 0.25) is 5.95 Å². The van der Waals surface area contributed by atoms with E-state index in [9.17, 15) is 13.9 Å². The molecule has 1 saturated heterocycles. The van der Waals surface area contributed by atoms with Crippen LogP contribution in [0.25, 0.3) is 16.9 Å². The molecule has 1 fully saturated rings. The third kappa shape index (κ3) is 3.11. The van der Waals surface area contributed by atoms with Crippen LogP contribution in [0.3, 0.4) is 0 Å². The highest BCUT2D eigenvalue weighted by Gasteiger charge is 2.24. The lowest BCUT2D eigenvalue weighted by Crippen LogP contribution is -2.42. The average Bonchev–Trinajstić information content (AvgIpc) is 2.99. The van der Waals surface area contributed by atoms with Crippen molar-refractivity contribution in [2.75, 3.05) is 18.5 Å². The van der Waals surface area contributed by atoms with Crippen LogP contribution in [0.4, 0.5) is 14.7 Å². The molecular weight excluding hydrogens is 344 g/mol. The summed E-state index contributed by atoms with van der Waals surface area (Å²) in [5.74, 6) is -1.07. The number of aromatic nitrogens is 4. The molecule has 1 aliphatic rings. The van der Waals surface area contributed by atoms with E-state index in [-0.39, 0.29) is 35.5 Å². The molecule has 9 heteroatoms. The zero-order chi connectivity index (χ0) is 18.3. The Kier molecular flexibility index (Phi) is 4.25. The maximum Gasteiger partial charge on any atom is 0.223 e. The fourth-order valence-electron chi connectivity index (χ4n) is 3.01. The second kappa shape index (κ2) is 6.58. The van der Waals surface area contributed by atoms with Gasteiger partial charge in [0.25, 0.3) is 0 Å². The van der Waals surface area contributed by atoms with E-state index in [2.05, 4.69) is 20.3 Å². The molecule has 26 heavy (non-hydrogen) atoms. The molecular formula is C17H17F2N5O2. The summed E-state index contributed by atoms with van der Waals surface area (Å²) in [6, 6.07) is 0.901. The van der Waals surface area contributed by atoms with E-state index in [1.165, 1.54) is 10.5 Å². The minimum Gasteiger partial charge on any atom is -0.389 e. The number of aliphatic hydroxyl groups excluding tert-OH is 1. The summed E-state index contributed by atoms with van der Waals surface area (Å²) >= 11 is 0. The van der Waals surface area contributed by atoms with Crippen LogP contribution in [-0.2, 0) is 4.74 Å². The van der Waals surface area contributed by atoms with Gasteiger partial charge in [-0.3, -0.25) is 0 Å². The van der Waals surface area contributed by atoms with Crippen molar-refractivity contribution in [2.24, 2.45) is 0 Å². The summed E-state index contributed by atoms with van der Waals surface area (Å²) in [5, 5.41) is 12.9. The van der Waals surface area contributed by atoms with E-state index in [0.29, 0.717) is 18.7 Å². The summed E-state index contributed by atoms with van der Waals surface area (Å²) in [7, 11) is 0. The first-order chi connectivity index (χ1) is 12.5. The highest BCUT2D eigenvalue weighted by atomic mass is 19.1. The summed E-state index contributed by atoms with van der Waals surface area (Å²) in [6.07, 6.45) is 4.11. The van der Waals surface area contributed by atoms with Gasteiger partial charge in [0.1, 0.15) is 5.69 Å². The van der Waals surface area contributed by atoms with Crippen LogP contribution < -0.4 is 5.32 Å². The Morgan fingerprint density at radius 2 is 2.12 bits per heavy atom. The van der Waals surface area contributed by atoms with E-state index < -0.39 is 17.7 Å². The van der Waals surface area contributed by atoms with Crippen LogP contribution >= 0.6 is 0 Å². The average molecular weight is 361 g/mol. The molecule has 2 N–H and O–H groups in total. The Hall–Kier alpha value is -2.65. The second-order valence-electron chi connectivity index (χ2n) is 6.26. The summed E-state index contributed by atoms with van der Waals surface area (Å²) < 4.78 is 35.2. The quantitative estimate of drug-likeness (QED) is 0.742. The van der Waals surface area contributed by atoms with Gasteiger partial charge < -0.3 is 19.6 Å². The highest BCUT2D eigenvalue weighted by molar-refractivity contribution is 5.63. The second-order valence-corrected chi connectivity index (χ2v) is 6.26. The van der Waals surface area contributed by atoms with Crippen LogP contribution in [-0.4, -0.2) is 49.8 Å². The maximum absolute atomic E-state index is 14.3. The van der Waals surface area contributed by atoms with E-state index >= 15 is 0 Å². The number of imidazole rings is 1. The molecule has 0 aromatic carbocycles. The number of rotatable bonds is 3. The first kappa shape index (κ1) is 16.8. The van der Waals surface area contributed by atoms with Crippen molar-refractivity contribution in [2.45, 2.75) is 25.5 Å². The van der Waals surface area contributed by atoms with Gasteiger partial charge in [-0.2, -0.15) is 0 Å². The molecule has 0 spiro atoms. The zero-order valence-corrected chi connectivity index (χ0v) is 14.0. The molecule has 0 saturated carbocycles.